The molecule has 5 nitrogen and oxygen atoms in total. The summed E-state index contributed by atoms with van der Waals surface area (Å²) in [6, 6.07) is 7.75. The molecule has 7 heteroatoms. The second-order valence-corrected chi connectivity index (χ2v) is 8.99. The minimum absolute atomic E-state index is 0.0302. The molecule has 1 aliphatic heterocycles. The van der Waals surface area contributed by atoms with Crippen LogP contribution in [0.3, 0.4) is 0 Å². The molecule has 1 fully saturated rings. The van der Waals surface area contributed by atoms with Gasteiger partial charge in [-0.15, -0.1) is 11.3 Å². The summed E-state index contributed by atoms with van der Waals surface area (Å²) in [6.45, 7) is 3.54. The lowest BCUT2D eigenvalue weighted by molar-refractivity contribution is -0.142. The number of hydrogen-bond donors (Lipinski definition) is 0. The first kappa shape index (κ1) is 20.8. The Kier molecular flexibility index (Phi) is 6.37. The molecule has 2 heterocycles. The van der Waals surface area contributed by atoms with E-state index in [4.69, 9.17) is 4.74 Å². The number of thiophene rings is 1. The largest absolute Gasteiger partial charge is 0.491 e. The molecular formula is C23H27FN2O3S. The van der Waals surface area contributed by atoms with Gasteiger partial charge in [-0.05, 0) is 66.5 Å². The monoisotopic (exact) mass is 430 g/mol. The standard InChI is InChI=1S/C23H27FN2O3S/c1-2-22(27)25(13-16-3-4-16)14-23(28)26-11-9-21-19(10-12-30-21)20(26)15-29-18-7-5-17(24)6-8-18/h5-8,10,12,16,20H,2-4,9,11,13-15H2,1H3/t20-/m1/s1. The summed E-state index contributed by atoms with van der Waals surface area (Å²) in [4.78, 5) is 30.5. The Morgan fingerprint density at radius 1 is 1.23 bits per heavy atom. The fourth-order valence-electron chi connectivity index (χ4n) is 3.92. The van der Waals surface area contributed by atoms with Crippen LogP contribution in [0.5, 0.6) is 5.75 Å². The first-order chi connectivity index (χ1) is 14.5. The van der Waals surface area contributed by atoms with Crippen molar-refractivity contribution in [1.29, 1.82) is 0 Å². The second kappa shape index (κ2) is 9.16. The Labute approximate surface area is 180 Å². The van der Waals surface area contributed by atoms with Crippen molar-refractivity contribution in [3.8, 4) is 5.75 Å². The summed E-state index contributed by atoms with van der Waals surface area (Å²) in [5, 5.41) is 2.05. The van der Waals surface area contributed by atoms with Crippen molar-refractivity contribution in [2.45, 2.75) is 38.6 Å². The van der Waals surface area contributed by atoms with Crippen molar-refractivity contribution >= 4 is 23.2 Å². The van der Waals surface area contributed by atoms with Crippen LogP contribution in [0.4, 0.5) is 4.39 Å². The van der Waals surface area contributed by atoms with Gasteiger partial charge in [-0.25, -0.2) is 4.39 Å². The van der Waals surface area contributed by atoms with Crippen LogP contribution in [0.25, 0.3) is 0 Å². The Morgan fingerprint density at radius 3 is 2.70 bits per heavy atom. The van der Waals surface area contributed by atoms with Gasteiger partial charge >= 0.3 is 0 Å². The van der Waals surface area contributed by atoms with Crippen LogP contribution >= 0.6 is 11.3 Å². The lowest BCUT2D eigenvalue weighted by atomic mass is 10.0. The number of hydrogen-bond acceptors (Lipinski definition) is 4. The Hall–Kier alpha value is -2.41. The van der Waals surface area contributed by atoms with Crippen LogP contribution in [0.15, 0.2) is 35.7 Å². The molecule has 1 atom stereocenters. The number of fused-ring (bicyclic) bond motifs is 1. The first-order valence-corrected chi connectivity index (χ1v) is 11.4. The molecule has 0 spiro atoms. The van der Waals surface area contributed by atoms with Crippen LogP contribution in [0.2, 0.25) is 0 Å². The quantitative estimate of drug-likeness (QED) is 0.635. The molecule has 0 saturated heterocycles. The highest BCUT2D eigenvalue weighted by Gasteiger charge is 2.34. The highest BCUT2D eigenvalue weighted by molar-refractivity contribution is 7.10. The fraction of sp³-hybridized carbons (Fsp3) is 0.478. The maximum absolute atomic E-state index is 13.3. The zero-order chi connectivity index (χ0) is 21.1. The maximum atomic E-state index is 13.3. The van der Waals surface area contributed by atoms with Gasteiger partial charge in [-0.1, -0.05) is 6.92 Å². The van der Waals surface area contributed by atoms with E-state index in [9.17, 15) is 14.0 Å². The van der Waals surface area contributed by atoms with E-state index < -0.39 is 0 Å². The summed E-state index contributed by atoms with van der Waals surface area (Å²) in [5.74, 6) is 0.788. The van der Waals surface area contributed by atoms with Crippen molar-refractivity contribution in [2.24, 2.45) is 5.92 Å². The number of ether oxygens (including phenoxy) is 1. The number of nitrogens with zero attached hydrogens (tertiary/aromatic N) is 2. The highest BCUT2D eigenvalue weighted by Crippen LogP contribution is 2.34. The molecule has 2 amide bonds. The summed E-state index contributed by atoms with van der Waals surface area (Å²) in [6.07, 6.45) is 3.50. The van der Waals surface area contributed by atoms with Gasteiger partial charge in [0.05, 0.1) is 12.6 Å². The Morgan fingerprint density at radius 2 is 2.00 bits per heavy atom. The topological polar surface area (TPSA) is 49.9 Å². The molecule has 1 aromatic heterocycles. The molecule has 0 unspecified atom stereocenters. The summed E-state index contributed by atoms with van der Waals surface area (Å²) < 4.78 is 19.1. The van der Waals surface area contributed by atoms with Gasteiger partial charge in [0.2, 0.25) is 11.8 Å². The molecule has 0 N–H and O–H groups in total. The average Bonchev–Trinajstić information content (AvgIpc) is 3.44. The molecule has 0 radical (unpaired) electrons. The third-order valence-corrected chi connectivity index (χ3v) is 6.79. The smallest absolute Gasteiger partial charge is 0.242 e. The molecular weight excluding hydrogens is 403 g/mol. The Bertz CT molecular complexity index is 894. The molecule has 1 saturated carbocycles. The van der Waals surface area contributed by atoms with Gasteiger partial charge in [0.25, 0.3) is 0 Å². The van der Waals surface area contributed by atoms with E-state index in [-0.39, 0.29) is 30.2 Å². The van der Waals surface area contributed by atoms with Gasteiger partial charge in [-0.2, -0.15) is 0 Å². The van der Waals surface area contributed by atoms with E-state index in [1.54, 1.807) is 28.4 Å². The third-order valence-electron chi connectivity index (χ3n) is 5.79. The van der Waals surface area contributed by atoms with Gasteiger partial charge in [0.1, 0.15) is 18.2 Å². The van der Waals surface area contributed by atoms with Crippen LogP contribution in [0.1, 0.15) is 42.7 Å². The summed E-state index contributed by atoms with van der Waals surface area (Å²) in [7, 11) is 0. The normalized spacial score (nSPS) is 18.1. The third kappa shape index (κ3) is 4.83. The number of benzene rings is 1. The zero-order valence-corrected chi connectivity index (χ0v) is 18.0. The summed E-state index contributed by atoms with van der Waals surface area (Å²) >= 11 is 1.70. The minimum Gasteiger partial charge on any atom is -0.491 e. The average molecular weight is 431 g/mol. The fourth-order valence-corrected chi connectivity index (χ4v) is 4.85. The lowest BCUT2D eigenvalue weighted by Crippen LogP contribution is -2.48. The predicted octanol–water partition coefficient (Wildman–Crippen LogP) is 4.04. The molecule has 0 bridgehead atoms. The number of halogens is 1. The zero-order valence-electron chi connectivity index (χ0n) is 17.2. The first-order valence-electron chi connectivity index (χ1n) is 10.6. The molecule has 2 aromatic rings. The minimum atomic E-state index is -0.312. The Balaban J connectivity index is 1.48. The molecule has 4 rings (SSSR count). The molecule has 160 valence electrons. The van der Waals surface area contributed by atoms with Crippen LogP contribution < -0.4 is 4.74 Å². The molecule has 1 aliphatic carbocycles. The number of amides is 2. The number of rotatable bonds is 8. The van der Waals surface area contributed by atoms with E-state index >= 15 is 0 Å². The van der Waals surface area contributed by atoms with Gasteiger partial charge in [0.15, 0.2) is 0 Å². The molecule has 1 aromatic carbocycles. The van der Waals surface area contributed by atoms with Gasteiger partial charge < -0.3 is 14.5 Å². The molecule has 30 heavy (non-hydrogen) atoms. The maximum Gasteiger partial charge on any atom is 0.242 e. The van der Waals surface area contributed by atoms with Crippen molar-refractivity contribution in [3.05, 3.63) is 52.0 Å². The highest BCUT2D eigenvalue weighted by atomic mass is 32.1. The van der Waals surface area contributed by atoms with Crippen LogP contribution in [-0.2, 0) is 16.0 Å². The van der Waals surface area contributed by atoms with Crippen molar-refractivity contribution in [2.75, 3.05) is 26.2 Å². The van der Waals surface area contributed by atoms with E-state index in [1.165, 1.54) is 17.0 Å². The van der Waals surface area contributed by atoms with E-state index in [0.717, 1.165) is 24.8 Å². The molecule has 2 aliphatic rings. The van der Waals surface area contributed by atoms with E-state index in [2.05, 4.69) is 6.07 Å². The van der Waals surface area contributed by atoms with E-state index in [0.29, 0.717) is 37.8 Å². The van der Waals surface area contributed by atoms with Crippen LogP contribution in [-0.4, -0.2) is 47.9 Å². The van der Waals surface area contributed by atoms with Crippen molar-refractivity contribution in [1.82, 2.24) is 9.80 Å². The van der Waals surface area contributed by atoms with Crippen molar-refractivity contribution < 1.29 is 18.7 Å². The number of carbonyl (C=O) groups is 2. The summed E-state index contributed by atoms with van der Waals surface area (Å²) in [5.41, 5.74) is 1.11. The van der Waals surface area contributed by atoms with Gasteiger partial charge in [-0.3, -0.25) is 9.59 Å². The second-order valence-electron chi connectivity index (χ2n) is 7.99. The number of carbonyl (C=O) groups excluding carboxylic acids is 2. The lowest BCUT2D eigenvalue weighted by Gasteiger charge is -2.37. The van der Waals surface area contributed by atoms with Crippen molar-refractivity contribution in [3.63, 3.8) is 0 Å². The predicted molar refractivity (Wildman–Crippen MR) is 114 cm³/mol. The SMILES string of the molecule is CCC(=O)N(CC(=O)N1CCc2sccc2[C@H]1COc1ccc(F)cc1)CC1CC1. The van der Waals surface area contributed by atoms with Gasteiger partial charge in [0, 0.05) is 24.4 Å². The van der Waals surface area contributed by atoms with E-state index in [1.807, 2.05) is 17.2 Å². The van der Waals surface area contributed by atoms with Crippen LogP contribution in [0, 0.1) is 11.7 Å².